The summed E-state index contributed by atoms with van der Waals surface area (Å²) in [5.41, 5.74) is 10.6. The maximum absolute atomic E-state index is 13.2. The third kappa shape index (κ3) is 8.68. The first-order chi connectivity index (χ1) is 22.6. The number of anilines is 2. The molecule has 2 amide bonds. The van der Waals surface area contributed by atoms with Gasteiger partial charge in [-0.25, -0.2) is 18.2 Å². The van der Waals surface area contributed by atoms with Gasteiger partial charge in [0, 0.05) is 17.0 Å². The molecule has 258 valence electrons. The van der Waals surface area contributed by atoms with Crippen LogP contribution in [0.15, 0.2) is 46.9 Å². The van der Waals surface area contributed by atoms with Crippen molar-refractivity contribution in [2.75, 3.05) is 30.7 Å². The number of benzene rings is 1. The Hall–Kier alpha value is -4.96. The van der Waals surface area contributed by atoms with Gasteiger partial charge in [-0.05, 0) is 57.1 Å². The molecule has 1 aliphatic rings. The van der Waals surface area contributed by atoms with Crippen LogP contribution in [-0.2, 0) is 41.0 Å². The molecular formula is C27H33N9O10S2. The number of oxime groups is 1. The van der Waals surface area contributed by atoms with E-state index in [-0.39, 0.29) is 10.8 Å². The molecule has 3 aromatic rings. The lowest BCUT2D eigenvalue weighted by Crippen LogP contribution is -2.76. The number of nitrogen functional groups attached to an aromatic ring is 1. The molecule has 1 fully saturated rings. The molecule has 0 unspecified atom stereocenters. The number of nitrogens with zero attached hydrogens (tertiary/aromatic N) is 5. The van der Waals surface area contributed by atoms with Gasteiger partial charge in [0.15, 0.2) is 10.8 Å². The Morgan fingerprint density at radius 3 is 2.52 bits per heavy atom. The Morgan fingerprint density at radius 2 is 1.96 bits per heavy atom. The summed E-state index contributed by atoms with van der Waals surface area (Å²) in [5, 5.41) is 25.3. The predicted octanol–water partition coefficient (Wildman–Crippen LogP) is -0.877. The molecule has 48 heavy (non-hydrogen) atoms. The van der Waals surface area contributed by atoms with Crippen LogP contribution in [0.3, 0.4) is 0 Å². The monoisotopic (exact) mass is 707 g/mol. The van der Waals surface area contributed by atoms with E-state index in [4.69, 9.17) is 21.0 Å². The SMILES string of the molecule is C[n+]1nc(-c2ccc(OC[C@H](O/N=C(\C(=O)N[C@@H]3C(=O)N(OS(=O)(=O)[O-])C3(C)C)c3csc(N)n3)C(=O)O)cc2)ccc1NCCCN. The average Bonchev–Trinajstić information content (AvgIpc) is 3.46. The van der Waals surface area contributed by atoms with Crippen molar-refractivity contribution in [2.24, 2.45) is 17.9 Å². The van der Waals surface area contributed by atoms with Gasteiger partial charge in [-0.2, -0.15) is 9.35 Å². The number of carbonyl (C=O) groups is 3. The van der Waals surface area contributed by atoms with E-state index < -0.39 is 58.2 Å². The number of β-lactam (4-membered cyclic amide) rings is 1. The van der Waals surface area contributed by atoms with Gasteiger partial charge in [-0.3, -0.25) is 14.9 Å². The predicted molar refractivity (Wildman–Crippen MR) is 168 cm³/mol. The summed E-state index contributed by atoms with van der Waals surface area (Å²) in [5.74, 6) is -2.41. The van der Waals surface area contributed by atoms with Gasteiger partial charge in [0.1, 0.15) is 36.8 Å². The number of aliphatic carboxylic acids is 1. The highest BCUT2D eigenvalue weighted by Gasteiger charge is 2.57. The molecular weight excluding hydrogens is 674 g/mol. The quantitative estimate of drug-likeness (QED) is 0.0230. The number of ether oxygens (including phenoxy) is 1. The number of rotatable bonds is 16. The van der Waals surface area contributed by atoms with Gasteiger partial charge >= 0.3 is 5.97 Å². The lowest BCUT2D eigenvalue weighted by molar-refractivity contribution is -0.716. The Morgan fingerprint density at radius 1 is 1.25 bits per heavy atom. The third-order valence-electron chi connectivity index (χ3n) is 6.89. The van der Waals surface area contributed by atoms with Crippen molar-refractivity contribution in [3.05, 3.63) is 47.5 Å². The number of hydroxylamine groups is 2. The summed E-state index contributed by atoms with van der Waals surface area (Å²) in [6.07, 6.45) is -0.879. The maximum atomic E-state index is 13.2. The molecule has 0 spiro atoms. The molecule has 4 rings (SSSR count). The van der Waals surface area contributed by atoms with E-state index in [1.54, 1.807) is 36.0 Å². The molecule has 0 radical (unpaired) electrons. The topological polar surface area (TPSA) is 278 Å². The van der Waals surface area contributed by atoms with E-state index >= 15 is 0 Å². The minimum absolute atomic E-state index is 0.0476. The van der Waals surface area contributed by atoms with Crippen LogP contribution < -0.4 is 31.5 Å². The van der Waals surface area contributed by atoms with Crippen LogP contribution in [0.5, 0.6) is 5.75 Å². The highest BCUT2D eigenvalue weighted by atomic mass is 32.3. The van der Waals surface area contributed by atoms with E-state index in [1.165, 1.54) is 19.2 Å². The molecule has 1 aliphatic heterocycles. The number of hydrogen-bond donors (Lipinski definition) is 5. The number of aromatic nitrogens is 3. The lowest BCUT2D eigenvalue weighted by Gasteiger charge is -2.51. The second-order valence-corrected chi connectivity index (χ2v) is 12.6. The van der Waals surface area contributed by atoms with Gasteiger partial charge in [0.2, 0.25) is 10.4 Å². The van der Waals surface area contributed by atoms with Crippen molar-refractivity contribution in [3.8, 4) is 17.0 Å². The van der Waals surface area contributed by atoms with Gasteiger partial charge in [0.05, 0.1) is 12.1 Å². The van der Waals surface area contributed by atoms with Crippen molar-refractivity contribution in [2.45, 2.75) is 38.0 Å². The molecule has 2 aromatic heterocycles. The van der Waals surface area contributed by atoms with Gasteiger partial charge in [0.25, 0.3) is 23.7 Å². The summed E-state index contributed by atoms with van der Waals surface area (Å²) >= 11 is 0.948. The molecule has 0 saturated carbocycles. The first kappa shape index (κ1) is 35.9. The Balaban J connectivity index is 1.43. The summed E-state index contributed by atoms with van der Waals surface area (Å²) in [6, 6.07) is 9.10. The van der Waals surface area contributed by atoms with Gasteiger partial charge in [-0.15, -0.1) is 16.0 Å². The summed E-state index contributed by atoms with van der Waals surface area (Å²) in [6.45, 7) is 3.43. The second-order valence-electron chi connectivity index (χ2n) is 10.8. The number of nitrogens with two attached hydrogens (primary N) is 2. The van der Waals surface area contributed by atoms with E-state index in [0.717, 1.165) is 29.1 Å². The van der Waals surface area contributed by atoms with Crippen molar-refractivity contribution in [1.82, 2.24) is 20.5 Å². The normalized spacial score (nSPS) is 16.5. The number of aryl methyl sites for hydroxylation is 1. The van der Waals surface area contributed by atoms with Crippen LogP contribution in [0.4, 0.5) is 10.9 Å². The summed E-state index contributed by atoms with van der Waals surface area (Å²) in [7, 11) is -3.46. The first-order valence-electron chi connectivity index (χ1n) is 14.1. The number of nitrogens with one attached hydrogen (secondary N) is 2. The van der Waals surface area contributed by atoms with E-state index in [1.807, 2.05) is 12.1 Å². The summed E-state index contributed by atoms with van der Waals surface area (Å²) in [4.78, 5) is 46.8. The molecule has 1 saturated heterocycles. The summed E-state index contributed by atoms with van der Waals surface area (Å²) < 4.78 is 44.4. The average molecular weight is 708 g/mol. The second kappa shape index (κ2) is 14.9. The molecule has 2 atom stereocenters. The molecule has 0 aliphatic carbocycles. The third-order valence-corrected chi connectivity index (χ3v) is 7.89. The van der Waals surface area contributed by atoms with Gasteiger partial charge in [-0.1, -0.05) is 10.3 Å². The lowest BCUT2D eigenvalue weighted by atomic mass is 9.84. The van der Waals surface area contributed by atoms with Crippen molar-refractivity contribution in [1.29, 1.82) is 0 Å². The molecule has 21 heteroatoms. The molecule has 3 heterocycles. The van der Waals surface area contributed by atoms with Crippen molar-refractivity contribution < 1.29 is 51.0 Å². The minimum atomic E-state index is -5.27. The molecule has 1 aromatic carbocycles. The van der Waals surface area contributed by atoms with Crippen LogP contribution in [0.2, 0.25) is 0 Å². The van der Waals surface area contributed by atoms with Crippen LogP contribution in [-0.4, -0.2) is 94.1 Å². The highest BCUT2D eigenvalue weighted by Crippen LogP contribution is 2.33. The highest BCUT2D eigenvalue weighted by molar-refractivity contribution is 7.80. The fourth-order valence-electron chi connectivity index (χ4n) is 4.33. The fourth-order valence-corrected chi connectivity index (χ4v) is 5.33. The van der Waals surface area contributed by atoms with Crippen molar-refractivity contribution in [3.63, 3.8) is 0 Å². The largest absolute Gasteiger partial charge is 0.724 e. The Kier molecular flexibility index (Phi) is 11.1. The number of amides is 2. The Bertz CT molecular complexity index is 1800. The molecule has 0 bridgehead atoms. The van der Waals surface area contributed by atoms with Crippen LogP contribution in [0.25, 0.3) is 11.3 Å². The van der Waals surface area contributed by atoms with E-state index in [2.05, 4.69) is 30.2 Å². The number of carbonyl (C=O) groups excluding carboxylic acids is 2. The number of hydrogen-bond acceptors (Lipinski definition) is 16. The standard InChI is InChI=1S/C27H33N9O10S2/c1-27(2)22(24(38)36(27)46-48(41,42)43)32-23(37)21(18-14-47-26(29)31-18)34-45-19(25(39)40)13-44-16-7-5-15(6-8-16)17-9-10-20(35(3)33-17)30-12-4-11-28/h5-10,14,19,22H,4,11-13,28H2,1-3H3,(H5,29,31,32,37,39,40,41,42,43)/b34-21-/t19-,22+/m0/s1. The smallest absolute Gasteiger partial charge is 0.351 e. The first-order valence-corrected chi connectivity index (χ1v) is 16.3. The van der Waals surface area contributed by atoms with Crippen molar-refractivity contribution >= 4 is 56.2 Å². The number of carboxylic acids is 1. The Labute approximate surface area is 278 Å². The zero-order valence-electron chi connectivity index (χ0n) is 25.9. The van der Waals surface area contributed by atoms with Crippen LogP contribution in [0.1, 0.15) is 26.0 Å². The maximum Gasteiger partial charge on any atom is 0.351 e. The number of thiazole rings is 1. The number of carboxylic acid groups (broad SMARTS) is 1. The molecule has 7 N–H and O–H groups in total. The zero-order valence-corrected chi connectivity index (χ0v) is 27.5. The minimum Gasteiger partial charge on any atom is -0.724 e. The van der Waals surface area contributed by atoms with E-state index in [0.29, 0.717) is 29.6 Å². The van der Waals surface area contributed by atoms with Crippen LogP contribution in [0, 0.1) is 0 Å². The van der Waals surface area contributed by atoms with E-state index in [9.17, 15) is 32.5 Å². The zero-order chi connectivity index (χ0) is 35.2. The molecule has 19 nitrogen and oxygen atoms in total. The van der Waals surface area contributed by atoms with Crippen LogP contribution >= 0.6 is 11.3 Å². The fraction of sp³-hybridized carbons (Fsp3) is 0.370. The van der Waals surface area contributed by atoms with Gasteiger partial charge < -0.3 is 36.0 Å².